The molecule has 0 aliphatic carbocycles. The van der Waals surface area contributed by atoms with Crippen LogP contribution in [0.25, 0.3) is 0 Å². The van der Waals surface area contributed by atoms with Crippen LogP contribution in [0.3, 0.4) is 0 Å². The molecule has 0 unspecified atom stereocenters. The molecule has 0 heterocycles. The second-order valence-electron chi connectivity index (χ2n) is 6.53. The monoisotopic (exact) mass is 374 g/mol. The molecule has 3 rings (SSSR count). The molecule has 1 atom stereocenters. The lowest BCUT2D eigenvalue weighted by Crippen LogP contribution is -2.69. The molecule has 3 aromatic rings. The average Bonchev–Trinajstić information content (AvgIpc) is 2.73. The van der Waals surface area contributed by atoms with Crippen molar-refractivity contribution in [1.82, 2.24) is 0 Å². The van der Waals surface area contributed by atoms with E-state index in [9.17, 15) is 0 Å². The van der Waals surface area contributed by atoms with Gasteiger partial charge in [-0.1, -0.05) is 97.6 Å². The lowest BCUT2D eigenvalue weighted by Gasteiger charge is -2.33. The average molecular weight is 375 g/mol. The summed E-state index contributed by atoms with van der Waals surface area (Å²) in [7, 11) is -2.60. The zero-order valence-electron chi connectivity index (χ0n) is 15.8. The summed E-state index contributed by atoms with van der Waals surface area (Å²) in [6, 6.07) is 31.9. The zero-order valence-corrected chi connectivity index (χ0v) is 16.8. The minimum Gasteiger partial charge on any atom is -0.499 e. The van der Waals surface area contributed by atoms with Crippen molar-refractivity contribution in [2.24, 2.45) is 0 Å². The normalized spacial score (nSPS) is 12.3. The summed E-state index contributed by atoms with van der Waals surface area (Å²) in [6.07, 6.45) is 2.39. The van der Waals surface area contributed by atoms with Crippen molar-refractivity contribution >= 4 is 23.9 Å². The van der Waals surface area contributed by atoms with E-state index in [0.29, 0.717) is 6.61 Å². The molecule has 138 valence electrons. The number of rotatable bonds is 9. The van der Waals surface area contributed by atoms with Crippen molar-refractivity contribution in [2.45, 2.75) is 19.4 Å². The molecule has 3 aromatic carbocycles. The van der Waals surface area contributed by atoms with E-state index >= 15 is 0 Å². The lowest BCUT2D eigenvalue weighted by molar-refractivity contribution is 0.132. The Kier molecular flexibility index (Phi) is 6.63. The minimum absolute atomic E-state index is 0.0801. The Bertz CT molecular complexity index is 722. The van der Waals surface area contributed by atoms with Gasteiger partial charge in [-0.3, -0.25) is 0 Å². The van der Waals surface area contributed by atoms with Crippen molar-refractivity contribution < 1.29 is 9.16 Å². The summed E-state index contributed by atoms with van der Waals surface area (Å²) in [5, 5.41) is 3.75. The second-order valence-corrected chi connectivity index (χ2v) is 9.91. The second kappa shape index (κ2) is 9.35. The molecule has 0 spiro atoms. The third kappa shape index (κ3) is 4.38. The minimum atomic E-state index is -2.60. The highest BCUT2D eigenvalue weighted by molar-refractivity contribution is 7.07. The topological polar surface area (TPSA) is 18.5 Å². The molecule has 0 aliphatic heterocycles. The maximum absolute atomic E-state index is 6.83. The summed E-state index contributed by atoms with van der Waals surface area (Å²) < 4.78 is 12.3. The molecular formula is C24H26O2Si. The van der Waals surface area contributed by atoms with E-state index in [1.54, 1.807) is 0 Å². The number of benzene rings is 3. The molecule has 0 aliphatic rings. The summed E-state index contributed by atoms with van der Waals surface area (Å²) >= 11 is 0. The molecule has 0 saturated heterocycles. The van der Waals surface area contributed by atoms with Crippen LogP contribution in [0.4, 0.5) is 0 Å². The smallest absolute Gasteiger partial charge is 0.288 e. The van der Waals surface area contributed by atoms with Crippen LogP contribution in [0.5, 0.6) is 0 Å². The quantitative estimate of drug-likeness (QED) is 0.324. The van der Waals surface area contributed by atoms with Crippen LogP contribution >= 0.6 is 0 Å². The molecule has 2 nitrogen and oxygen atoms in total. The van der Waals surface area contributed by atoms with E-state index in [1.165, 1.54) is 21.8 Å². The third-order valence-corrected chi connectivity index (χ3v) is 8.79. The van der Waals surface area contributed by atoms with E-state index in [4.69, 9.17) is 9.16 Å². The standard InChI is InChI=1S/C24H26O2Si/c1-3-25-21(2)19-20-26-27(22-13-7-4-8-14-22,23-15-9-5-10-16-23)24-17-11-6-12-18-24/h3-18,21H,1,19-20H2,2H3/t21-/m1/s1. The van der Waals surface area contributed by atoms with Gasteiger partial charge in [0.2, 0.25) is 0 Å². The van der Waals surface area contributed by atoms with Gasteiger partial charge < -0.3 is 9.16 Å². The Labute approximate surface area is 163 Å². The van der Waals surface area contributed by atoms with Gasteiger partial charge in [0.05, 0.1) is 12.4 Å². The first-order valence-corrected chi connectivity index (χ1v) is 11.2. The van der Waals surface area contributed by atoms with Crippen LogP contribution in [-0.2, 0) is 9.16 Å². The van der Waals surface area contributed by atoms with Crippen molar-refractivity contribution in [3.8, 4) is 0 Å². The number of hydrogen-bond donors (Lipinski definition) is 0. The first-order chi connectivity index (χ1) is 13.3. The largest absolute Gasteiger partial charge is 0.499 e. The Morgan fingerprint density at radius 1 is 0.778 bits per heavy atom. The van der Waals surface area contributed by atoms with Gasteiger partial charge in [-0.25, -0.2) is 0 Å². The highest BCUT2D eigenvalue weighted by Crippen LogP contribution is 2.11. The fraction of sp³-hybridized carbons (Fsp3) is 0.167. The van der Waals surface area contributed by atoms with Gasteiger partial charge in [0.15, 0.2) is 0 Å². The summed E-state index contributed by atoms with van der Waals surface area (Å²) in [5.41, 5.74) is 0. The van der Waals surface area contributed by atoms with Gasteiger partial charge in [0, 0.05) is 13.0 Å². The fourth-order valence-electron chi connectivity index (χ4n) is 3.38. The van der Waals surface area contributed by atoms with Crippen molar-refractivity contribution in [1.29, 1.82) is 0 Å². The molecule has 0 N–H and O–H groups in total. The van der Waals surface area contributed by atoms with Crippen LogP contribution in [-0.4, -0.2) is 21.0 Å². The molecule has 0 aromatic heterocycles. The van der Waals surface area contributed by atoms with Crippen LogP contribution in [0.1, 0.15) is 13.3 Å². The van der Waals surface area contributed by atoms with Crippen LogP contribution in [0.15, 0.2) is 104 Å². The molecule has 0 amide bonds. The van der Waals surface area contributed by atoms with E-state index in [0.717, 1.165) is 6.42 Å². The molecule has 0 bridgehead atoms. The van der Waals surface area contributed by atoms with Gasteiger partial charge in [0.1, 0.15) is 0 Å². The Balaban J connectivity index is 2.07. The highest BCUT2D eigenvalue weighted by atomic mass is 28.4. The van der Waals surface area contributed by atoms with E-state index in [-0.39, 0.29) is 6.10 Å². The Morgan fingerprint density at radius 3 is 1.56 bits per heavy atom. The highest BCUT2D eigenvalue weighted by Gasteiger charge is 2.41. The number of hydrogen-bond acceptors (Lipinski definition) is 2. The van der Waals surface area contributed by atoms with Crippen molar-refractivity contribution in [3.63, 3.8) is 0 Å². The molecule has 0 radical (unpaired) electrons. The van der Waals surface area contributed by atoms with Gasteiger partial charge in [-0.05, 0) is 22.5 Å². The predicted octanol–water partition coefficient (Wildman–Crippen LogP) is 3.61. The first kappa shape index (κ1) is 19.1. The predicted molar refractivity (Wildman–Crippen MR) is 115 cm³/mol. The van der Waals surface area contributed by atoms with Crippen LogP contribution < -0.4 is 15.6 Å². The van der Waals surface area contributed by atoms with Gasteiger partial charge in [0.25, 0.3) is 8.32 Å². The zero-order chi connectivity index (χ0) is 19.0. The summed E-state index contributed by atoms with van der Waals surface area (Å²) in [4.78, 5) is 0. The molecule has 3 heteroatoms. The maximum Gasteiger partial charge on any atom is 0.288 e. The van der Waals surface area contributed by atoms with Gasteiger partial charge >= 0.3 is 0 Å². The Morgan fingerprint density at radius 2 is 1.19 bits per heavy atom. The van der Waals surface area contributed by atoms with Crippen LogP contribution in [0.2, 0.25) is 0 Å². The SMILES string of the molecule is C=CO[C@H](C)CCO[Si](c1ccccc1)(c1ccccc1)c1ccccc1. The summed E-state index contributed by atoms with van der Waals surface area (Å²) in [6.45, 7) is 6.31. The summed E-state index contributed by atoms with van der Waals surface area (Å²) in [5.74, 6) is 0. The van der Waals surface area contributed by atoms with Crippen molar-refractivity contribution in [2.75, 3.05) is 6.61 Å². The molecule has 0 fully saturated rings. The third-order valence-electron chi connectivity index (χ3n) is 4.71. The maximum atomic E-state index is 6.83. The fourth-order valence-corrected chi connectivity index (χ4v) is 7.29. The molecule has 27 heavy (non-hydrogen) atoms. The molecular weight excluding hydrogens is 348 g/mol. The molecule has 0 saturated carbocycles. The van der Waals surface area contributed by atoms with E-state index in [1.807, 2.05) is 6.92 Å². The van der Waals surface area contributed by atoms with Crippen LogP contribution in [0, 0.1) is 0 Å². The number of ether oxygens (including phenoxy) is 1. The van der Waals surface area contributed by atoms with E-state index < -0.39 is 8.32 Å². The first-order valence-electron chi connectivity index (χ1n) is 9.34. The lowest BCUT2D eigenvalue weighted by atomic mass is 10.3. The van der Waals surface area contributed by atoms with Crippen molar-refractivity contribution in [3.05, 3.63) is 104 Å². The van der Waals surface area contributed by atoms with Gasteiger partial charge in [-0.2, -0.15) is 0 Å². The van der Waals surface area contributed by atoms with E-state index in [2.05, 4.69) is 97.6 Å². The van der Waals surface area contributed by atoms with Gasteiger partial charge in [-0.15, -0.1) is 0 Å². The Hall–Kier alpha value is -2.62.